The number of halogens is 5. The van der Waals surface area contributed by atoms with Crippen molar-refractivity contribution in [2.75, 3.05) is 175 Å². The van der Waals surface area contributed by atoms with Gasteiger partial charge in [-0.2, -0.15) is 0 Å². The number of fused-ring (bicyclic) bond motifs is 10. The Morgan fingerprint density at radius 2 is 0.616 bits per heavy atom. The molecule has 0 spiro atoms. The number of para-hydroxylation sites is 5. The van der Waals surface area contributed by atoms with E-state index in [1.807, 2.05) is 110 Å². The number of ether oxygens (including phenoxy) is 2. The molecule has 8 aliphatic heterocycles. The van der Waals surface area contributed by atoms with E-state index in [1.165, 1.54) is 111 Å². The van der Waals surface area contributed by atoms with Crippen molar-refractivity contribution in [3.8, 4) is 0 Å². The maximum atomic E-state index is 12.0. The van der Waals surface area contributed by atoms with Crippen LogP contribution in [0.15, 0.2) is 292 Å². The second-order valence-corrected chi connectivity index (χ2v) is 40.9. The van der Waals surface area contributed by atoms with Crippen LogP contribution in [0, 0.1) is 0 Å². The van der Waals surface area contributed by atoms with Gasteiger partial charge in [-0.25, -0.2) is 0 Å². The zero-order valence-corrected chi connectivity index (χ0v) is 79.3. The summed E-state index contributed by atoms with van der Waals surface area (Å²) in [7, 11) is 0. The highest BCUT2D eigenvalue weighted by Crippen LogP contribution is 2.54. The molecule has 11 aromatic rings. The summed E-state index contributed by atoms with van der Waals surface area (Å²) in [5, 5.41) is 7.36. The van der Waals surface area contributed by atoms with Gasteiger partial charge in [0, 0.05) is 205 Å². The van der Waals surface area contributed by atoms with Crippen molar-refractivity contribution in [1.82, 2.24) is 29.8 Å². The van der Waals surface area contributed by atoms with E-state index in [0.29, 0.717) is 6.42 Å². The minimum Gasteiger partial charge on any atom is -0.460 e. The van der Waals surface area contributed by atoms with E-state index in [9.17, 15) is 4.79 Å². The molecule has 0 unspecified atom stereocenters. The van der Waals surface area contributed by atoms with Gasteiger partial charge in [-0.05, 0) is 223 Å². The van der Waals surface area contributed by atoms with E-state index in [-0.39, 0.29) is 5.97 Å². The predicted octanol–water partition coefficient (Wildman–Crippen LogP) is 25.8. The molecular weight excluding hydrogens is 1750 g/mol. The van der Waals surface area contributed by atoms with Gasteiger partial charge in [0.1, 0.15) is 5.60 Å². The summed E-state index contributed by atoms with van der Waals surface area (Å²) in [6.07, 6.45) is 5.92. The molecule has 0 saturated carbocycles. The number of nitrogens with one attached hydrogen (secondary N) is 1. The first-order valence-electron chi connectivity index (χ1n) is 43.9. The van der Waals surface area contributed by atoms with E-state index in [1.54, 1.807) is 0 Å². The standard InChI is InChI=1S/C37H33Cl2N3S2.C26H34ClN3O2S.C19H22ClN3S.C19H21ClN2OS/c38-28-16-18-36-32(24-28)41(30-12-4-6-14-34(30)43-36)22-8-20-40(26-27-10-2-1-3-11-27)21-9-23-42-31-13-5-7-15-35(31)44-37-19-17-29(39)25-33(37)42;1-26(2,3)32-25(31)11-14-29-17-15-28(16-18-29)12-6-13-30-21-7-4-5-8-23(21)33-24-10-9-20(27)19-22(24)30;20-15-6-7-19-17(14-15)23(16-4-1-2-5-18(16)24-19)11-3-10-22-12-8-21-9-13-22;20-15-6-7-19-17(14-15)22(16-4-1-2-5-18(16)24-19)9-3-8-21-10-12-23-13-11-21/h1-7,10-19,24-25H,8-9,20-23,26H2;4-5,7-10,19H,6,11-18H2,1-3H3;1-2,4-7,14,21H,3,8-13H2;1-2,4-7,14H,3,8-13H2. The molecule has 0 radical (unpaired) electrons. The fourth-order valence-corrected chi connectivity index (χ4v) is 23.4. The lowest BCUT2D eigenvalue weighted by Gasteiger charge is -2.36. The molecule has 19 rings (SSSR count). The van der Waals surface area contributed by atoms with E-state index in [0.717, 1.165) is 214 Å². The highest BCUT2D eigenvalue weighted by Gasteiger charge is 2.31. The quantitative estimate of drug-likeness (QED) is 0.0551. The molecule has 0 aromatic heterocycles. The number of rotatable bonds is 25. The Morgan fingerprint density at radius 3 is 0.944 bits per heavy atom. The Balaban J connectivity index is 0.000000127. The Morgan fingerprint density at radius 1 is 0.336 bits per heavy atom. The minimum atomic E-state index is -0.408. The van der Waals surface area contributed by atoms with Crippen molar-refractivity contribution in [2.24, 2.45) is 0 Å². The lowest BCUT2D eigenvalue weighted by atomic mass is 10.1. The molecule has 0 amide bonds. The molecule has 125 heavy (non-hydrogen) atoms. The van der Waals surface area contributed by atoms with Crippen LogP contribution in [0.3, 0.4) is 0 Å². The van der Waals surface area contributed by atoms with Crippen LogP contribution in [0.25, 0.3) is 0 Å². The predicted molar refractivity (Wildman–Crippen MR) is 530 cm³/mol. The fourth-order valence-electron chi connectivity index (χ4n) is 17.2. The Bertz CT molecular complexity index is 5210. The molecule has 0 atom stereocenters. The molecule has 652 valence electrons. The van der Waals surface area contributed by atoms with E-state index in [4.69, 9.17) is 67.5 Å². The van der Waals surface area contributed by atoms with Gasteiger partial charge in [0.25, 0.3) is 0 Å². The van der Waals surface area contributed by atoms with Gasteiger partial charge in [0.05, 0.1) is 76.5 Å². The minimum absolute atomic E-state index is 0.106. The van der Waals surface area contributed by atoms with Gasteiger partial charge in [-0.1, -0.05) is 208 Å². The number of benzene rings is 11. The first kappa shape index (κ1) is 91.1. The van der Waals surface area contributed by atoms with Crippen LogP contribution in [-0.2, 0) is 20.8 Å². The molecule has 3 saturated heterocycles. The monoisotopic (exact) mass is 1860 g/mol. The third-order valence-electron chi connectivity index (χ3n) is 23.3. The fraction of sp³-hybridized carbons (Fsp3) is 0.337. The van der Waals surface area contributed by atoms with Crippen molar-refractivity contribution in [3.05, 3.63) is 273 Å². The first-order chi connectivity index (χ1) is 61.0. The SMILES string of the molecule is CC(C)(C)OC(=O)CCN1CCN(CCCN2c3ccccc3Sc3ccc(Cl)cc32)CC1.Clc1ccc2c(c1)N(CCCN(CCCN1c3ccccc3Sc3ccc(Cl)cc31)Cc1ccccc1)c1ccccc1S2.Clc1ccc2c(c1)N(CCCN1CCNCC1)c1ccccc1S2.Clc1ccc2c(c1)N(CCCN1CCOCC1)c1ccccc1S2. The number of hydrogen-bond donors (Lipinski definition) is 1. The number of esters is 1. The van der Waals surface area contributed by atoms with Crippen molar-refractivity contribution in [1.29, 1.82) is 0 Å². The number of piperazine rings is 2. The summed E-state index contributed by atoms with van der Waals surface area (Å²) in [5.41, 5.74) is 13.4. The largest absolute Gasteiger partial charge is 0.460 e. The number of carbonyl (C=O) groups excluding carboxylic acids is 1. The average Bonchev–Trinajstić information content (AvgIpc) is 0.795. The zero-order valence-electron chi connectivity index (χ0n) is 71.4. The maximum absolute atomic E-state index is 12.0. The van der Waals surface area contributed by atoms with Crippen LogP contribution in [0.1, 0.15) is 64.9 Å². The summed E-state index contributed by atoms with van der Waals surface area (Å²) in [4.78, 5) is 49.6. The second-order valence-electron chi connectivity index (χ2n) is 33.3. The topological polar surface area (TPSA) is 80.0 Å². The lowest BCUT2D eigenvalue weighted by Crippen LogP contribution is -2.47. The Kier molecular flexibility index (Phi) is 32.4. The summed E-state index contributed by atoms with van der Waals surface area (Å²) in [6, 6.07) is 85.3. The van der Waals surface area contributed by atoms with Gasteiger partial charge in [0.15, 0.2) is 0 Å². The van der Waals surface area contributed by atoms with Gasteiger partial charge in [-0.3, -0.25) is 14.6 Å². The van der Waals surface area contributed by atoms with Crippen molar-refractivity contribution in [3.63, 3.8) is 0 Å². The van der Waals surface area contributed by atoms with E-state index >= 15 is 0 Å². The summed E-state index contributed by atoms with van der Waals surface area (Å²) >= 11 is 41.0. The van der Waals surface area contributed by atoms with Gasteiger partial charge in [-0.15, -0.1) is 0 Å². The molecule has 24 heteroatoms. The van der Waals surface area contributed by atoms with Crippen LogP contribution in [0.5, 0.6) is 0 Å². The van der Waals surface area contributed by atoms with E-state index in [2.05, 4.69) is 267 Å². The average molecular weight is 1860 g/mol. The number of carbonyl (C=O) groups is 1. The van der Waals surface area contributed by atoms with Crippen molar-refractivity contribution < 1.29 is 14.3 Å². The number of anilines is 10. The van der Waals surface area contributed by atoms with Crippen LogP contribution in [-0.4, -0.2) is 187 Å². The van der Waals surface area contributed by atoms with Gasteiger partial charge >= 0.3 is 5.97 Å². The summed E-state index contributed by atoms with van der Waals surface area (Å²) in [6.45, 7) is 30.1. The third kappa shape index (κ3) is 24.5. The first-order valence-corrected chi connectivity index (χ1v) is 49.9. The molecule has 11 aromatic carbocycles. The van der Waals surface area contributed by atoms with Crippen molar-refractivity contribution >= 4 is 180 Å². The summed E-state index contributed by atoms with van der Waals surface area (Å²) < 4.78 is 10.9. The zero-order chi connectivity index (χ0) is 86.0. The molecular formula is C101H110Cl5N11O3S5. The van der Waals surface area contributed by atoms with Crippen LogP contribution < -0.4 is 29.8 Å². The summed E-state index contributed by atoms with van der Waals surface area (Å²) in [5.74, 6) is -0.106. The molecule has 14 nitrogen and oxygen atoms in total. The number of morpholine rings is 1. The van der Waals surface area contributed by atoms with Gasteiger partial charge in [0.2, 0.25) is 0 Å². The highest BCUT2D eigenvalue weighted by atomic mass is 35.5. The molecule has 0 aliphatic carbocycles. The van der Waals surface area contributed by atoms with Crippen LogP contribution in [0.2, 0.25) is 25.1 Å². The molecule has 8 heterocycles. The number of hydrogen-bond acceptors (Lipinski definition) is 19. The molecule has 0 bridgehead atoms. The third-order valence-corrected chi connectivity index (χ3v) is 30.1. The second kappa shape index (κ2) is 44.4. The maximum Gasteiger partial charge on any atom is 0.307 e. The lowest BCUT2D eigenvalue weighted by molar-refractivity contribution is -0.155. The smallest absolute Gasteiger partial charge is 0.307 e. The van der Waals surface area contributed by atoms with E-state index < -0.39 is 5.60 Å². The Labute approximate surface area is 785 Å². The number of nitrogens with zero attached hydrogens (tertiary/aromatic N) is 10. The van der Waals surface area contributed by atoms with Gasteiger partial charge < -0.3 is 54.0 Å². The van der Waals surface area contributed by atoms with Crippen molar-refractivity contribution in [2.45, 2.75) is 120 Å². The van der Waals surface area contributed by atoms with Crippen LogP contribution in [0.4, 0.5) is 56.9 Å². The molecule has 8 aliphatic rings. The highest BCUT2D eigenvalue weighted by molar-refractivity contribution is 8.00. The molecule has 1 N–H and O–H groups in total. The van der Waals surface area contributed by atoms with Crippen LogP contribution >= 0.6 is 117 Å². The Hall–Kier alpha value is -7.19. The molecule has 3 fully saturated rings. The normalized spacial score (nSPS) is 15.9.